The van der Waals surface area contributed by atoms with Gasteiger partial charge in [-0.2, -0.15) is 0 Å². The third kappa shape index (κ3) is 3.63. The summed E-state index contributed by atoms with van der Waals surface area (Å²) in [5, 5.41) is -0.328. The second-order valence-corrected chi connectivity index (χ2v) is 7.37. The number of carbonyl (C=O) groups excluding carboxylic acids is 2. The van der Waals surface area contributed by atoms with E-state index in [1.807, 2.05) is 24.3 Å². The number of amides is 2. The number of benzene rings is 2. The lowest BCUT2D eigenvalue weighted by atomic mass is 10.1. The molecule has 7 heteroatoms. The third-order valence-corrected chi connectivity index (χ3v) is 5.56. The number of hydrogen-bond acceptors (Lipinski definition) is 6. The molecule has 28 heavy (non-hydrogen) atoms. The molecule has 144 valence electrons. The summed E-state index contributed by atoms with van der Waals surface area (Å²) in [6.45, 7) is 3.21. The first kappa shape index (κ1) is 18.6. The van der Waals surface area contributed by atoms with Gasteiger partial charge in [0.05, 0.1) is 30.9 Å². The number of imide groups is 1. The molecule has 2 heterocycles. The van der Waals surface area contributed by atoms with Crippen LogP contribution in [0.15, 0.2) is 53.4 Å². The Morgan fingerprint density at radius 3 is 2.46 bits per heavy atom. The van der Waals surface area contributed by atoms with Crippen molar-refractivity contribution in [3.63, 3.8) is 0 Å². The monoisotopic (exact) mass is 396 g/mol. The Morgan fingerprint density at radius 1 is 1.04 bits per heavy atom. The van der Waals surface area contributed by atoms with Gasteiger partial charge in [-0.1, -0.05) is 24.3 Å². The summed E-state index contributed by atoms with van der Waals surface area (Å²) >= 11 is 0.939. The molecule has 0 radical (unpaired) electrons. The lowest BCUT2D eigenvalue weighted by molar-refractivity contribution is -0.113. The van der Waals surface area contributed by atoms with E-state index >= 15 is 0 Å². The predicted molar refractivity (Wildman–Crippen MR) is 111 cm³/mol. The largest absolute Gasteiger partial charge is 0.495 e. The summed E-state index contributed by atoms with van der Waals surface area (Å²) in [7, 11) is 1.52. The molecule has 0 unspecified atom stereocenters. The molecule has 2 aromatic carbocycles. The maximum absolute atomic E-state index is 12.8. The summed E-state index contributed by atoms with van der Waals surface area (Å²) < 4.78 is 10.7. The highest BCUT2D eigenvalue weighted by Crippen LogP contribution is 2.39. The summed E-state index contributed by atoms with van der Waals surface area (Å²) in [5.41, 5.74) is 2.46. The highest BCUT2D eigenvalue weighted by molar-refractivity contribution is 8.19. The molecule has 2 amide bonds. The van der Waals surface area contributed by atoms with Gasteiger partial charge in [-0.25, -0.2) is 4.90 Å². The smallest absolute Gasteiger partial charge is 0.298 e. The van der Waals surface area contributed by atoms with Crippen LogP contribution in [0.2, 0.25) is 0 Å². The average Bonchev–Trinajstić information content (AvgIpc) is 3.02. The molecule has 0 aromatic heterocycles. The van der Waals surface area contributed by atoms with Crippen LogP contribution in [0.1, 0.15) is 5.56 Å². The molecule has 2 saturated heterocycles. The van der Waals surface area contributed by atoms with E-state index in [0.29, 0.717) is 16.3 Å². The third-order valence-electron chi connectivity index (χ3n) is 4.69. The molecule has 0 bridgehead atoms. The van der Waals surface area contributed by atoms with Crippen molar-refractivity contribution < 1.29 is 19.1 Å². The van der Waals surface area contributed by atoms with Gasteiger partial charge in [0.25, 0.3) is 11.1 Å². The number of anilines is 2. The zero-order valence-corrected chi connectivity index (χ0v) is 16.3. The summed E-state index contributed by atoms with van der Waals surface area (Å²) in [5.74, 6) is 0.151. The van der Waals surface area contributed by atoms with Crippen LogP contribution in [0.3, 0.4) is 0 Å². The minimum Gasteiger partial charge on any atom is -0.495 e. The highest BCUT2D eigenvalue weighted by atomic mass is 32.2. The number of hydrogen-bond donors (Lipinski definition) is 0. The molecular weight excluding hydrogens is 376 g/mol. The van der Waals surface area contributed by atoms with Crippen molar-refractivity contribution in [2.75, 3.05) is 43.2 Å². The maximum atomic E-state index is 12.8. The Kier molecular flexibility index (Phi) is 5.36. The van der Waals surface area contributed by atoms with E-state index < -0.39 is 0 Å². The molecule has 2 aromatic rings. The van der Waals surface area contributed by atoms with Crippen LogP contribution >= 0.6 is 11.8 Å². The van der Waals surface area contributed by atoms with Gasteiger partial charge in [0.1, 0.15) is 5.75 Å². The van der Waals surface area contributed by atoms with Crippen LogP contribution in [0.5, 0.6) is 5.75 Å². The fraction of sp³-hybridized carbons (Fsp3) is 0.238. The van der Waals surface area contributed by atoms with E-state index in [2.05, 4.69) is 4.90 Å². The van der Waals surface area contributed by atoms with Crippen molar-refractivity contribution in [1.29, 1.82) is 0 Å². The van der Waals surface area contributed by atoms with Crippen LogP contribution < -0.4 is 14.5 Å². The molecule has 0 atom stereocenters. The number of methoxy groups -OCH3 is 1. The quantitative estimate of drug-likeness (QED) is 0.733. The first-order chi connectivity index (χ1) is 13.7. The van der Waals surface area contributed by atoms with Crippen molar-refractivity contribution >= 4 is 40.4 Å². The number of thioether (sulfide) groups is 1. The SMILES string of the molecule is COc1ccccc1N1C(=O)SC(=Cc2ccc(N3CCOCC3)cc2)C1=O. The number of carbonyl (C=O) groups is 2. The Labute approximate surface area is 167 Å². The predicted octanol–water partition coefficient (Wildman–Crippen LogP) is 3.77. The Hall–Kier alpha value is -2.77. The van der Waals surface area contributed by atoms with E-state index in [1.165, 1.54) is 7.11 Å². The minimum atomic E-state index is -0.336. The van der Waals surface area contributed by atoms with Crippen molar-refractivity contribution in [2.24, 2.45) is 0 Å². The number of nitrogens with zero attached hydrogens (tertiary/aromatic N) is 2. The van der Waals surface area contributed by atoms with Gasteiger partial charge in [-0.15, -0.1) is 0 Å². The fourth-order valence-electron chi connectivity index (χ4n) is 3.24. The molecule has 0 spiro atoms. The van der Waals surface area contributed by atoms with Crippen LogP contribution in [0, 0.1) is 0 Å². The van der Waals surface area contributed by atoms with Gasteiger partial charge >= 0.3 is 0 Å². The van der Waals surface area contributed by atoms with Gasteiger partial charge in [0, 0.05) is 18.8 Å². The van der Waals surface area contributed by atoms with E-state index in [-0.39, 0.29) is 11.1 Å². The molecule has 2 aliphatic rings. The molecular formula is C21H20N2O4S. The van der Waals surface area contributed by atoms with Crippen molar-refractivity contribution in [3.8, 4) is 5.75 Å². The van der Waals surface area contributed by atoms with E-state index in [0.717, 1.165) is 54.2 Å². The molecule has 0 aliphatic carbocycles. The standard InChI is InChI=1S/C21H20N2O4S/c1-26-18-5-3-2-4-17(18)23-20(24)19(28-21(23)25)14-15-6-8-16(9-7-15)22-10-12-27-13-11-22/h2-9,14H,10-13H2,1H3. The van der Waals surface area contributed by atoms with E-state index in [4.69, 9.17) is 9.47 Å². The van der Waals surface area contributed by atoms with Gasteiger partial charge < -0.3 is 14.4 Å². The summed E-state index contributed by atoms with van der Waals surface area (Å²) in [6.07, 6.45) is 1.75. The lowest BCUT2D eigenvalue weighted by Gasteiger charge is -2.28. The number of rotatable bonds is 4. The maximum Gasteiger partial charge on any atom is 0.298 e. The van der Waals surface area contributed by atoms with Crippen LogP contribution in [0.4, 0.5) is 16.2 Å². The lowest BCUT2D eigenvalue weighted by Crippen LogP contribution is -2.36. The van der Waals surface area contributed by atoms with Gasteiger partial charge in [-0.3, -0.25) is 9.59 Å². The van der Waals surface area contributed by atoms with Crippen LogP contribution in [-0.2, 0) is 9.53 Å². The van der Waals surface area contributed by atoms with Crippen molar-refractivity contribution in [3.05, 3.63) is 59.0 Å². The fourth-order valence-corrected chi connectivity index (χ4v) is 4.08. The first-order valence-corrected chi connectivity index (χ1v) is 9.83. The van der Waals surface area contributed by atoms with Crippen LogP contribution in [0.25, 0.3) is 6.08 Å². The number of morpholine rings is 1. The second-order valence-electron chi connectivity index (χ2n) is 6.38. The Morgan fingerprint density at radius 2 is 1.75 bits per heavy atom. The first-order valence-electron chi connectivity index (χ1n) is 9.01. The zero-order valence-electron chi connectivity index (χ0n) is 15.5. The Bertz CT molecular complexity index is 920. The van der Waals surface area contributed by atoms with E-state index in [9.17, 15) is 9.59 Å². The number of ether oxygens (including phenoxy) is 2. The summed E-state index contributed by atoms with van der Waals surface area (Å²) in [6, 6.07) is 15.0. The second kappa shape index (κ2) is 8.08. The molecule has 0 saturated carbocycles. The zero-order chi connectivity index (χ0) is 19.5. The van der Waals surface area contributed by atoms with Gasteiger partial charge in [-0.05, 0) is 47.7 Å². The van der Waals surface area contributed by atoms with Crippen molar-refractivity contribution in [2.45, 2.75) is 0 Å². The topological polar surface area (TPSA) is 59.1 Å². The van der Waals surface area contributed by atoms with Gasteiger partial charge in [0.2, 0.25) is 0 Å². The molecule has 6 nitrogen and oxygen atoms in total. The normalized spacial score (nSPS) is 18.8. The van der Waals surface area contributed by atoms with Gasteiger partial charge in [0.15, 0.2) is 0 Å². The molecule has 2 aliphatic heterocycles. The molecule has 4 rings (SSSR count). The summed E-state index contributed by atoms with van der Waals surface area (Å²) in [4.78, 5) is 29.1. The molecule has 0 N–H and O–H groups in total. The van der Waals surface area contributed by atoms with Crippen LogP contribution in [-0.4, -0.2) is 44.6 Å². The highest BCUT2D eigenvalue weighted by Gasteiger charge is 2.37. The number of para-hydroxylation sites is 2. The Balaban J connectivity index is 1.55. The average molecular weight is 396 g/mol. The minimum absolute atomic E-state index is 0.328. The van der Waals surface area contributed by atoms with Crippen molar-refractivity contribution in [1.82, 2.24) is 0 Å². The van der Waals surface area contributed by atoms with E-state index in [1.54, 1.807) is 30.3 Å². The molecule has 2 fully saturated rings.